The minimum Gasteiger partial charge on any atom is -0.413 e. The molecule has 4 aliphatic carbocycles. The van der Waals surface area contributed by atoms with Gasteiger partial charge in [-0.3, -0.25) is 0 Å². The maximum Gasteiger partial charge on any atom is 0.193 e. The maximum absolute atomic E-state index is 7.18. The second-order valence-electron chi connectivity index (χ2n) is 8.45. The van der Waals surface area contributed by atoms with Crippen LogP contribution in [0, 0.1) is 23.7 Å². The van der Waals surface area contributed by atoms with Crippen LogP contribution in [0.5, 0.6) is 0 Å². The van der Waals surface area contributed by atoms with Crippen molar-refractivity contribution >= 4 is 8.32 Å². The highest BCUT2D eigenvalue weighted by atomic mass is 28.4. The lowest BCUT2D eigenvalue weighted by Gasteiger charge is -2.56. The van der Waals surface area contributed by atoms with Crippen LogP contribution < -0.4 is 0 Å². The lowest BCUT2D eigenvalue weighted by Crippen LogP contribution is -2.54. The molecule has 0 aliphatic heterocycles. The molecule has 0 N–H and O–H groups in total. The summed E-state index contributed by atoms with van der Waals surface area (Å²) in [5.74, 6) is 4.04. The number of rotatable bonds is 8. The van der Waals surface area contributed by atoms with Crippen molar-refractivity contribution in [1.82, 2.24) is 0 Å². The van der Waals surface area contributed by atoms with Crippen molar-refractivity contribution in [2.24, 2.45) is 23.7 Å². The van der Waals surface area contributed by atoms with Crippen LogP contribution in [0.4, 0.5) is 0 Å². The highest BCUT2D eigenvalue weighted by Gasteiger charge is 2.51. The fraction of sp³-hybridized carbons (Fsp3) is 1.00. The summed E-state index contributed by atoms with van der Waals surface area (Å²) in [6, 6.07) is 4.24. The molecule has 0 aromatic rings. The van der Waals surface area contributed by atoms with Crippen LogP contribution in [0.3, 0.4) is 0 Å². The molecule has 122 valence electrons. The fourth-order valence-corrected chi connectivity index (χ4v) is 11.1. The minimum absolute atomic E-state index is 0.675. The first-order chi connectivity index (χ1) is 10.2. The van der Waals surface area contributed by atoms with E-state index in [4.69, 9.17) is 4.43 Å². The molecule has 0 saturated heterocycles. The monoisotopic (exact) mass is 308 g/mol. The van der Waals surface area contributed by atoms with Gasteiger partial charge in [-0.05, 0) is 73.9 Å². The minimum atomic E-state index is -1.46. The van der Waals surface area contributed by atoms with Crippen molar-refractivity contribution in [2.75, 3.05) is 0 Å². The van der Waals surface area contributed by atoms with E-state index in [1.165, 1.54) is 63.1 Å². The molecule has 0 radical (unpaired) electrons. The quantitative estimate of drug-likeness (QED) is 0.499. The molecule has 4 saturated carbocycles. The molecule has 0 amide bonds. The second kappa shape index (κ2) is 6.74. The van der Waals surface area contributed by atoms with Crippen LogP contribution in [0.25, 0.3) is 0 Å². The third kappa shape index (κ3) is 3.27. The average molecular weight is 309 g/mol. The first-order valence-corrected chi connectivity index (χ1v) is 12.4. The highest BCUT2D eigenvalue weighted by molar-refractivity contribution is 6.73. The molecule has 0 atom stereocenters. The molecule has 0 aromatic heterocycles. The summed E-state index contributed by atoms with van der Waals surface area (Å²) in [5.41, 5.74) is 0. The molecular formula is C19H36OSi. The molecule has 0 spiro atoms. The van der Waals surface area contributed by atoms with Gasteiger partial charge in [-0.2, -0.15) is 0 Å². The Labute approximate surface area is 133 Å². The Morgan fingerprint density at radius 1 is 0.714 bits per heavy atom. The van der Waals surface area contributed by atoms with E-state index in [-0.39, 0.29) is 0 Å². The largest absolute Gasteiger partial charge is 0.413 e. The first kappa shape index (κ1) is 16.0. The van der Waals surface area contributed by atoms with Gasteiger partial charge in [0.25, 0.3) is 0 Å². The zero-order valence-corrected chi connectivity index (χ0v) is 15.6. The summed E-state index contributed by atoms with van der Waals surface area (Å²) in [5, 5.41) is 0. The normalized spacial score (nSPS) is 38.1. The summed E-state index contributed by atoms with van der Waals surface area (Å²) in [6.45, 7) is 7.11. The van der Waals surface area contributed by atoms with Crippen LogP contribution >= 0.6 is 0 Å². The van der Waals surface area contributed by atoms with Gasteiger partial charge in [-0.1, -0.05) is 40.0 Å². The van der Waals surface area contributed by atoms with Crippen LogP contribution in [0.15, 0.2) is 0 Å². The number of hydrogen-bond donors (Lipinski definition) is 0. The Kier molecular flexibility index (Phi) is 5.15. The van der Waals surface area contributed by atoms with Crippen LogP contribution in [-0.4, -0.2) is 14.4 Å². The Morgan fingerprint density at radius 2 is 1.14 bits per heavy atom. The van der Waals surface area contributed by atoms with E-state index in [9.17, 15) is 0 Å². The molecule has 0 heterocycles. The molecule has 2 heteroatoms. The maximum atomic E-state index is 7.18. The van der Waals surface area contributed by atoms with Gasteiger partial charge in [0.2, 0.25) is 0 Å². The molecule has 4 fully saturated rings. The fourth-order valence-electron chi connectivity index (χ4n) is 6.27. The first-order valence-electron chi connectivity index (χ1n) is 9.87. The van der Waals surface area contributed by atoms with Crippen molar-refractivity contribution in [2.45, 2.75) is 96.4 Å². The molecular weight excluding hydrogens is 272 g/mol. The van der Waals surface area contributed by atoms with Crippen LogP contribution in [0.1, 0.15) is 72.1 Å². The SMILES string of the molecule is CCC[Si](CCC)(CCC)OC1C2CC3CC(C2)CC1C3. The lowest BCUT2D eigenvalue weighted by atomic mass is 9.55. The molecule has 4 bridgehead atoms. The molecule has 0 unspecified atom stereocenters. The van der Waals surface area contributed by atoms with Gasteiger partial charge >= 0.3 is 0 Å². The van der Waals surface area contributed by atoms with E-state index >= 15 is 0 Å². The van der Waals surface area contributed by atoms with Gasteiger partial charge < -0.3 is 4.43 Å². The van der Waals surface area contributed by atoms with Crippen molar-refractivity contribution in [3.8, 4) is 0 Å². The molecule has 0 aromatic carbocycles. The lowest BCUT2D eigenvalue weighted by molar-refractivity contribution is -0.0843. The van der Waals surface area contributed by atoms with E-state index in [2.05, 4.69) is 20.8 Å². The van der Waals surface area contributed by atoms with Gasteiger partial charge in [0, 0.05) is 0 Å². The van der Waals surface area contributed by atoms with Gasteiger partial charge in [-0.25, -0.2) is 0 Å². The average Bonchev–Trinajstić information content (AvgIpc) is 2.43. The van der Waals surface area contributed by atoms with Crippen LogP contribution in [0.2, 0.25) is 18.1 Å². The standard InChI is InChI=1S/C19H36OSi/c1-4-7-21(8-5-2,9-6-3)20-19-17-11-15-10-16(13-17)14-18(19)12-15/h15-19H,4-14H2,1-3H3. The summed E-state index contributed by atoms with van der Waals surface area (Å²) in [6.07, 6.45) is 12.3. The predicted octanol–water partition coefficient (Wildman–Crippen LogP) is 6.00. The van der Waals surface area contributed by atoms with Crippen molar-refractivity contribution in [3.05, 3.63) is 0 Å². The summed E-state index contributed by atoms with van der Waals surface area (Å²) in [7, 11) is -1.46. The highest BCUT2D eigenvalue weighted by Crippen LogP contribution is 2.55. The number of hydrogen-bond acceptors (Lipinski definition) is 1. The Hall–Kier alpha value is 0.177. The van der Waals surface area contributed by atoms with E-state index in [0.29, 0.717) is 6.10 Å². The van der Waals surface area contributed by atoms with Gasteiger partial charge in [0.15, 0.2) is 8.32 Å². The third-order valence-electron chi connectivity index (χ3n) is 6.64. The van der Waals surface area contributed by atoms with E-state index in [0.717, 1.165) is 23.7 Å². The zero-order chi connectivity index (χ0) is 14.9. The smallest absolute Gasteiger partial charge is 0.193 e. The summed E-state index contributed by atoms with van der Waals surface area (Å²) >= 11 is 0. The van der Waals surface area contributed by atoms with E-state index in [1.54, 1.807) is 6.42 Å². The third-order valence-corrected chi connectivity index (χ3v) is 11.6. The van der Waals surface area contributed by atoms with E-state index in [1.807, 2.05) is 0 Å². The predicted molar refractivity (Wildman–Crippen MR) is 93.0 cm³/mol. The van der Waals surface area contributed by atoms with Crippen molar-refractivity contribution in [3.63, 3.8) is 0 Å². The van der Waals surface area contributed by atoms with Crippen LogP contribution in [-0.2, 0) is 4.43 Å². The van der Waals surface area contributed by atoms with E-state index < -0.39 is 8.32 Å². The molecule has 4 aliphatic rings. The van der Waals surface area contributed by atoms with Gasteiger partial charge in [0.1, 0.15) is 0 Å². The van der Waals surface area contributed by atoms with Gasteiger partial charge in [0.05, 0.1) is 6.10 Å². The Morgan fingerprint density at radius 3 is 1.52 bits per heavy atom. The summed E-state index contributed by atoms with van der Waals surface area (Å²) < 4.78 is 7.18. The Bertz CT molecular complexity index is 295. The topological polar surface area (TPSA) is 9.23 Å². The Balaban J connectivity index is 1.72. The zero-order valence-electron chi connectivity index (χ0n) is 14.6. The van der Waals surface area contributed by atoms with Crippen molar-refractivity contribution in [1.29, 1.82) is 0 Å². The van der Waals surface area contributed by atoms with Gasteiger partial charge in [-0.15, -0.1) is 0 Å². The van der Waals surface area contributed by atoms with Crippen molar-refractivity contribution < 1.29 is 4.43 Å². The molecule has 4 rings (SSSR count). The molecule has 21 heavy (non-hydrogen) atoms. The molecule has 1 nitrogen and oxygen atoms in total. The summed E-state index contributed by atoms with van der Waals surface area (Å²) in [4.78, 5) is 0. The second-order valence-corrected chi connectivity index (χ2v) is 12.5.